The van der Waals surface area contributed by atoms with E-state index >= 15 is 0 Å². The second kappa shape index (κ2) is 9.37. The van der Waals surface area contributed by atoms with E-state index in [1.807, 2.05) is 30.3 Å². The highest BCUT2D eigenvalue weighted by Gasteiger charge is 2.25. The Morgan fingerprint density at radius 1 is 1.06 bits per heavy atom. The Morgan fingerprint density at radius 3 is 2.71 bits per heavy atom. The molecule has 1 amide bonds. The number of benzene rings is 2. The molecule has 1 aliphatic carbocycles. The number of nitrogens with zero attached hydrogens (tertiary/aromatic N) is 2. The van der Waals surface area contributed by atoms with Gasteiger partial charge in [0.2, 0.25) is 5.91 Å². The van der Waals surface area contributed by atoms with Crippen LogP contribution in [0.2, 0.25) is 0 Å². The van der Waals surface area contributed by atoms with Crippen LogP contribution in [0.15, 0.2) is 73.3 Å². The standard InChI is InChI=1S/C29H30N4O2/c1-29(2,3)22-5-4-6-23(15-22)33-28(34)20-8-7-19-9-10-24(14-21(19)13-20)35-25-11-12-31-26(16-25)27-17-30-18-32-27/h4-6,9-12,14-18,20H,7-8,13H2,1-3H3,(H,30,32)(H,33,34). The van der Waals surface area contributed by atoms with Gasteiger partial charge in [0.25, 0.3) is 0 Å². The molecule has 5 rings (SSSR count). The van der Waals surface area contributed by atoms with Crippen molar-refractivity contribution in [2.75, 3.05) is 5.32 Å². The molecule has 178 valence electrons. The first kappa shape index (κ1) is 22.8. The third-order valence-electron chi connectivity index (χ3n) is 6.51. The molecule has 0 bridgehead atoms. The number of hydrogen-bond acceptors (Lipinski definition) is 4. The van der Waals surface area contributed by atoms with E-state index in [4.69, 9.17) is 4.74 Å². The highest BCUT2D eigenvalue weighted by atomic mass is 16.5. The van der Waals surface area contributed by atoms with Crippen molar-refractivity contribution in [1.29, 1.82) is 0 Å². The van der Waals surface area contributed by atoms with Crippen molar-refractivity contribution in [1.82, 2.24) is 15.0 Å². The summed E-state index contributed by atoms with van der Waals surface area (Å²) in [6.07, 6.45) is 7.51. The van der Waals surface area contributed by atoms with Crippen molar-refractivity contribution in [2.45, 2.75) is 45.4 Å². The van der Waals surface area contributed by atoms with Crippen molar-refractivity contribution < 1.29 is 9.53 Å². The number of rotatable bonds is 5. The highest BCUT2D eigenvalue weighted by Crippen LogP contribution is 2.32. The van der Waals surface area contributed by atoms with E-state index in [1.165, 1.54) is 16.7 Å². The number of amides is 1. The van der Waals surface area contributed by atoms with Gasteiger partial charge >= 0.3 is 0 Å². The van der Waals surface area contributed by atoms with Crippen LogP contribution in [0.1, 0.15) is 43.9 Å². The van der Waals surface area contributed by atoms with Gasteiger partial charge in [-0.3, -0.25) is 9.78 Å². The summed E-state index contributed by atoms with van der Waals surface area (Å²) in [5.41, 5.74) is 6.15. The number of aromatic amines is 1. The quantitative estimate of drug-likeness (QED) is 0.361. The first-order chi connectivity index (χ1) is 16.8. The van der Waals surface area contributed by atoms with Crippen LogP contribution in [0.25, 0.3) is 11.4 Å². The number of imidazole rings is 1. The van der Waals surface area contributed by atoms with Crippen molar-refractivity contribution in [2.24, 2.45) is 5.92 Å². The first-order valence-electron chi connectivity index (χ1n) is 12.0. The number of hydrogen-bond donors (Lipinski definition) is 2. The summed E-state index contributed by atoms with van der Waals surface area (Å²) in [5, 5.41) is 3.14. The third kappa shape index (κ3) is 5.27. The SMILES string of the molecule is CC(C)(C)c1cccc(NC(=O)C2CCc3ccc(Oc4ccnc(-c5cnc[nH]5)c4)cc3C2)c1. The number of aromatic nitrogens is 3. The van der Waals surface area contributed by atoms with E-state index < -0.39 is 0 Å². The zero-order valence-electron chi connectivity index (χ0n) is 20.3. The fourth-order valence-corrected chi connectivity index (χ4v) is 4.48. The number of carbonyl (C=O) groups is 1. The van der Waals surface area contributed by atoms with E-state index in [2.05, 4.69) is 65.3 Å². The fraction of sp³-hybridized carbons (Fsp3) is 0.276. The second-order valence-corrected chi connectivity index (χ2v) is 10.1. The lowest BCUT2D eigenvalue weighted by molar-refractivity contribution is -0.120. The summed E-state index contributed by atoms with van der Waals surface area (Å²) >= 11 is 0. The molecule has 0 spiro atoms. The Hall–Kier alpha value is -3.93. The smallest absolute Gasteiger partial charge is 0.227 e. The molecule has 0 fully saturated rings. The lowest BCUT2D eigenvalue weighted by Crippen LogP contribution is -2.28. The maximum Gasteiger partial charge on any atom is 0.227 e. The van der Waals surface area contributed by atoms with Crippen molar-refractivity contribution >= 4 is 11.6 Å². The second-order valence-electron chi connectivity index (χ2n) is 10.1. The van der Waals surface area contributed by atoms with Crippen molar-refractivity contribution in [3.8, 4) is 22.9 Å². The maximum atomic E-state index is 13.1. The Labute approximate surface area is 205 Å². The van der Waals surface area contributed by atoms with Gasteiger partial charge in [-0.1, -0.05) is 39.0 Å². The van der Waals surface area contributed by atoms with Crippen LogP contribution in [-0.4, -0.2) is 20.9 Å². The first-order valence-corrected chi connectivity index (χ1v) is 12.0. The van der Waals surface area contributed by atoms with E-state index in [9.17, 15) is 4.79 Å². The van der Waals surface area contributed by atoms with Gasteiger partial charge in [0.1, 0.15) is 11.5 Å². The Morgan fingerprint density at radius 2 is 1.91 bits per heavy atom. The monoisotopic (exact) mass is 466 g/mol. The van der Waals surface area contributed by atoms with Gasteiger partial charge in [0, 0.05) is 23.9 Å². The molecule has 1 unspecified atom stereocenters. The average Bonchev–Trinajstić information content (AvgIpc) is 3.39. The number of carbonyl (C=O) groups excluding carboxylic acids is 1. The predicted molar refractivity (Wildman–Crippen MR) is 138 cm³/mol. The van der Waals surface area contributed by atoms with E-state index in [1.54, 1.807) is 18.7 Å². The van der Waals surface area contributed by atoms with Gasteiger partial charge in [-0.05, 0) is 71.7 Å². The van der Waals surface area contributed by atoms with Crippen LogP contribution in [0.5, 0.6) is 11.5 Å². The molecule has 2 heterocycles. The summed E-state index contributed by atoms with van der Waals surface area (Å²) in [6, 6.07) is 18.0. The van der Waals surface area contributed by atoms with Crippen LogP contribution in [0.4, 0.5) is 5.69 Å². The topological polar surface area (TPSA) is 79.9 Å². The Kier molecular flexibility index (Phi) is 6.12. The minimum atomic E-state index is -0.0658. The normalized spacial score (nSPS) is 15.3. The summed E-state index contributed by atoms with van der Waals surface area (Å²) in [6.45, 7) is 6.53. The molecule has 0 radical (unpaired) electrons. The molecule has 4 aromatic rings. The number of fused-ring (bicyclic) bond motifs is 1. The number of aryl methyl sites for hydroxylation is 1. The lowest BCUT2D eigenvalue weighted by atomic mass is 9.83. The largest absolute Gasteiger partial charge is 0.457 e. The van der Waals surface area contributed by atoms with Gasteiger partial charge in [0.05, 0.1) is 23.9 Å². The van der Waals surface area contributed by atoms with Crippen molar-refractivity contribution in [3.05, 3.63) is 90.0 Å². The number of anilines is 1. The third-order valence-corrected chi connectivity index (χ3v) is 6.51. The summed E-state index contributed by atoms with van der Waals surface area (Å²) in [5.74, 6) is 1.47. The zero-order chi connectivity index (χ0) is 24.4. The van der Waals surface area contributed by atoms with Crippen LogP contribution in [-0.2, 0) is 23.1 Å². The Balaban J connectivity index is 1.28. The van der Waals surface area contributed by atoms with Gasteiger partial charge in [-0.2, -0.15) is 0 Å². The number of pyridine rings is 1. The van der Waals surface area contributed by atoms with Gasteiger partial charge in [-0.25, -0.2) is 4.98 Å². The molecule has 1 atom stereocenters. The van der Waals surface area contributed by atoms with E-state index in [-0.39, 0.29) is 17.2 Å². The molecular weight excluding hydrogens is 436 g/mol. The van der Waals surface area contributed by atoms with E-state index in [0.717, 1.165) is 35.7 Å². The number of H-pyrrole nitrogens is 1. The number of ether oxygens (including phenoxy) is 1. The zero-order valence-corrected chi connectivity index (χ0v) is 20.3. The minimum absolute atomic E-state index is 0.0365. The molecule has 0 saturated heterocycles. The van der Waals surface area contributed by atoms with Crippen LogP contribution < -0.4 is 10.1 Å². The van der Waals surface area contributed by atoms with E-state index in [0.29, 0.717) is 12.2 Å². The average molecular weight is 467 g/mol. The van der Waals surface area contributed by atoms with Crippen molar-refractivity contribution in [3.63, 3.8) is 0 Å². The maximum absolute atomic E-state index is 13.1. The molecule has 0 aliphatic heterocycles. The molecule has 35 heavy (non-hydrogen) atoms. The van der Waals surface area contributed by atoms with Crippen LogP contribution in [0.3, 0.4) is 0 Å². The molecule has 6 heteroatoms. The Bertz CT molecular complexity index is 1340. The molecule has 2 aromatic heterocycles. The molecular formula is C29H30N4O2. The number of nitrogens with one attached hydrogen (secondary N) is 2. The van der Waals surface area contributed by atoms with Gasteiger partial charge < -0.3 is 15.0 Å². The molecule has 2 N–H and O–H groups in total. The summed E-state index contributed by atoms with van der Waals surface area (Å²) in [7, 11) is 0. The summed E-state index contributed by atoms with van der Waals surface area (Å²) in [4.78, 5) is 24.6. The lowest BCUT2D eigenvalue weighted by Gasteiger charge is -2.25. The minimum Gasteiger partial charge on any atom is -0.457 e. The molecule has 6 nitrogen and oxygen atoms in total. The van der Waals surface area contributed by atoms with Crippen LogP contribution in [0, 0.1) is 5.92 Å². The van der Waals surface area contributed by atoms with Crippen LogP contribution >= 0.6 is 0 Å². The molecule has 2 aromatic carbocycles. The summed E-state index contributed by atoms with van der Waals surface area (Å²) < 4.78 is 6.14. The predicted octanol–water partition coefficient (Wildman–Crippen LogP) is 6.31. The van der Waals surface area contributed by atoms with Gasteiger partial charge in [0.15, 0.2) is 0 Å². The molecule has 0 saturated carbocycles. The fourth-order valence-electron chi connectivity index (χ4n) is 4.48. The van der Waals surface area contributed by atoms with Gasteiger partial charge in [-0.15, -0.1) is 0 Å². The highest BCUT2D eigenvalue weighted by molar-refractivity contribution is 5.93. The molecule has 1 aliphatic rings.